The summed E-state index contributed by atoms with van der Waals surface area (Å²) in [6.45, 7) is 0. The second-order valence-corrected chi connectivity index (χ2v) is 6.39. The maximum Gasteiger partial charge on any atom is 0.187 e. The van der Waals surface area contributed by atoms with Crippen molar-refractivity contribution in [3.8, 4) is 0 Å². The number of hydrogen-bond acceptors (Lipinski definition) is 4. The molecule has 0 spiro atoms. The fourth-order valence-electron chi connectivity index (χ4n) is 2.59. The molecule has 2 N–H and O–H groups in total. The van der Waals surface area contributed by atoms with Gasteiger partial charge in [-0.3, -0.25) is 9.59 Å². The van der Waals surface area contributed by atoms with Crippen molar-refractivity contribution < 1.29 is 26.7 Å². The van der Waals surface area contributed by atoms with E-state index in [0.717, 1.165) is 11.4 Å². The molecule has 4 nitrogen and oxygen atoms in total. The van der Waals surface area contributed by atoms with Gasteiger partial charge in [0.05, 0.1) is 0 Å². The zero-order valence-corrected chi connectivity index (χ0v) is 17.6. The number of hydrogen-bond donors (Lipinski definition) is 2. The number of carbonyl (C=O) groups excluding carboxylic acids is 2. The summed E-state index contributed by atoms with van der Waals surface area (Å²) >= 11 is 0. The molecular formula is C26H22CuN2O2. The van der Waals surface area contributed by atoms with Crippen molar-refractivity contribution in [2.24, 2.45) is 0 Å². The molecule has 2 aromatic carbocycles. The molecule has 1 radical (unpaired) electrons. The first kappa shape index (κ1) is 23.6. The van der Waals surface area contributed by atoms with Crippen LogP contribution in [0.25, 0.3) is 0 Å². The van der Waals surface area contributed by atoms with Gasteiger partial charge in [-0.1, -0.05) is 60.7 Å². The Hall–Kier alpha value is -3.66. The molecule has 0 amide bonds. The Morgan fingerprint density at radius 2 is 0.871 bits per heavy atom. The fourth-order valence-corrected chi connectivity index (χ4v) is 2.59. The van der Waals surface area contributed by atoms with Crippen LogP contribution in [0.3, 0.4) is 0 Å². The van der Waals surface area contributed by atoms with Crippen LogP contribution in [-0.4, -0.2) is 11.6 Å². The monoisotopic (exact) mass is 457 g/mol. The summed E-state index contributed by atoms with van der Waals surface area (Å²) in [5.74, 6) is 0.0573. The third-order valence-electron chi connectivity index (χ3n) is 4.17. The first-order chi connectivity index (χ1) is 14.7. The van der Waals surface area contributed by atoms with Gasteiger partial charge in [0.25, 0.3) is 0 Å². The third kappa shape index (κ3) is 7.94. The Morgan fingerprint density at radius 3 is 1.23 bits per heavy atom. The minimum atomic E-state index is 0. The first-order valence-electron chi connectivity index (χ1n) is 9.54. The summed E-state index contributed by atoms with van der Waals surface area (Å²) in [7, 11) is 0. The van der Waals surface area contributed by atoms with Gasteiger partial charge in [-0.05, 0) is 48.6 Å². The second-order valence-electron chi connectivity index (χ2n) is 6.39. The molecule has 0 fully saturated rings. The molecule has 2 aromatic rings. The predicted octanol–water partition coefficient (Wildman–Crippen LogP) is 5.35. The molecule has 0 aliphatic heterocycles. The van der Waals surface area contributed by atoms with E-state index in [0.29, 0.717) is 11.1 Å². The molecule has 0 heterocycles. The number of para-hydroxylation sites is 2. The molecule has 0 bridgehead atoms. The van der Waals surface area contributed by atoms with Crippen LogP contribution < -0.4 is 10.6 Å². The maximum absolute atomic E-state index is 11.4. The number of carbonyl (C=O) groups is 2. The number of rotatable bonds is 4. The summed E-state index contributed by atoms with van der Waals surface area (Å²) < 4.78 is 0. The smallest absolute Gasteiger partial charge is 0.187 e. The normalized spacial score (nSPS) is 16.5. The minimum Gasteiger partial charge on any atom is -0.361 e. The summed E-state index contributed by atoms with van der Waals surface area (Å²) in [6.07, 6.45) is 17.3. The van der Waals surface area contributed by atoms with Gasteiger partial charge >= 0.3 is 0 Å². The van der Waals surface area contributed by atoms with Crippen LogP contribution in [0, 0.1) is 0 Å². The van der Waals surface area contributed by atoms with Crippen LogP contribution in [0.5, 0.6) is 0 Å². The zero-order chi connectivity index (χ0) is 21.0. The van der Waals surface area contributed by atoms with Gasteiger partial charge < -0.3 is 10.6 Å². The van der Waals surface area contributed by atoms with E-state index in [9.17, 15) is 9.59 Å². The largest absolute Gasteiger partial charge is 0.361 e. The average Bonchev–Trinajstić information content (AvgIpc) is 2.80. The summed E-state index contributed by atoms with van der Waals surface area (Å²) in [4.78, 5) is 22.7. The van der Waals surface area contributed by atoms with E-state index in [2.05, 4.69) is 10.6 Å². The molecule has 5 heteroatoms. The van der Waals surface area contributed by atoms with Crippen molar-refractivity contribution in [3.63, 3.8) is 0 Å². The molecular weight excluding hydrogens is 436 g/mol. The van der Waals surface area contributed by atoms with E-state index < -0.39 is 0 Å². The van der Waals surface area contributed by atoms with E-state index in [4.69, 9.17) is 0 Å². The molecule has 2 aliphatic carbocycles. The van der Waals surface area contributed by atoms with E-state index >= 15 is 0 Å². The number of allylic oxidation sites excluding steroid dienone is 10. The van der Waals surface area contributed by atoms with Crippen LogP contribution in [-0.2, 0) is 26.7 Å². The van der Waals surface area contributed by atoms with Gasteiger partial charge in [-0.2, -0.15) is 0 Å². The molecule has 31 heavy (non-hydrogen) atoms. The number of ketones is 2. The molecule has 159 valence electrons. The van der Waals surface area contributed by atoms with Crippen molar-refractivity contribution in [3.05, 3.63) is 133 Å². The number of nitrogens with one attached hydrogen (secondary N) is 2. The van der Waals surface area contributed by atoms with Crippen LogP contribution >= 0.6 is 0 Å². The summed E-state index contributed by atoms with van der Waals surface area (Å²) in [5, 5.41) is 6.15. The summed E-state index contributed by atoms with van der Waals surface area (Å²) in [5.41, 5.74) is 3.28. The Kier molecular flexibility index (Phi) is 9.76. The van der Waals surface area contributed by atoms with Gasteiger partial charge in [-0.15, -0.1) is 0 Å². The van der Waals surface area contributed by atoms with Crippen molar-refractivity contribution in [1.29, 1.82) is 0 Å². The second kappa shape index (κ2) is 12.8. The van der Waals surface area contributed by atoms with Crippen LogP contribution in [0.4, 0.5) is 11.4 Å². The van der Waals surface area contributed by atoms with Crippen molar-refractivity contribution in [2.45, 2.75) is 0 Å². The van der Waals surface area contributed by atoms with Crippen LogP contribution in [0.2, 0.25) is 0 Å². The molecule has 0 aromatic heterocycles. The van der Waals surface area contributed by atoms with Gasteiger partial charge in [0.1, 0.15) is 0 Å². The van der Waals surface area contributed by atoms with E-state index in [1.165, 1.54) is 0 Å². The predicted molar refractivity (Wildman–Crippen MR) is 123 cm³/mol. The quantitative estimate of drug-likeness (QED) is 0.479. The van der Waals surface area contributed by atoms with Crippen LogP contribution in [0.15, 0.2) is 133 Å². The Balaban J connectivity index is 0.000000213. The first-order valence-corrected chi connectivity index (χ1v) is 9.54. The van der Waals surface area contributed by atoms with E-state index in [1.54, 1.807) is 48.9 Å². The topological polar surface area (TPSA) is 58.2 Å². The van der Waals surface area contributed by atoms with E-state index in [1.807, 2.05) is 72.8 Å². The Labute approximate surface area is 192 Å². The molecule has 4 rings (SSSR count). The van der Waals surface area contributed by atoms with Gasteiger partial charge in [-0.25, -0.2) is 0 Å². The SMILES string of the molecule is O=C1C=CC=CC1=CNc1ccccc1.O=C1C=CC=CC1=CNc1ccccc1.[Cu]. The van der Waals surface area contributed by atoms with Crippen molar-refractivity contribution in [1.82, 2.24) is 0 Å². The van der Waals surface area contributed by atoms with Gasteiger partial charge in [0.2, 0.25) is 0 Å². The summed E-state index contributed by atoms with van der Waals surface area (Å²) in [6, 6.07) is 19.5. The van der Waals surface area contributed by atoms with Gasteiger partial charge in [0, 0.05) is 52.0 Å². The zero-order valence-electron chi connectivity index (χ0n) is 16.7. The average molecular weight is 458 g/mol. The standard InChI is InChI=1S/2C13H11NO.Cu/c2*15-13-9-5-4-6-11(13)10-14-12-7-2-1-3-8-12;/h2*1-10,14H;. The molecule has 2 aliphatic rings. The molecule has 0 saturated heterocycles. The molecule has 0 unspecified atom stereocenters. The third-order valence-corrected chi connectivity index (χ3v) is 4.17. The minimum absolute atomic E-state index is 0. The number of anilines is 2. The Bertz CT molecular complexity index is 976. The van der Waals surface area contributed by atoms with Crippen molar-refractivity contribution in [2.75, 3.05) is 10.6 Å². The molecule has 0 saturated carbocycles. The van der Waals surface area contributed by atoms with Crippen molar-refractivity contribution >= 4 is 22.9 Å². The molecule has 0 atom stereocenters. The van der Waals surface area contributed by atoms with Gasteiger partial charge in [0.15, 0.2) is 11.6 Å². The number of benzene rings is 2. The maximum atomic E-state index is 11.4. The van der Waals surface area contributed by atoms with Crippen LogP contribution in [0.1, 0.15) is 0 Å². The Morgan fingerprint density at radius 1 is 0.516 bits per heavy atom. The fraction of sp³-hybridized carbons (Fsp3) is 0. The van der Waals surface area contributed by atoms with E-state index in [-0.39, 0.29) is 28.6 Å².